The number of benzene rings is 2. The number of anilines is 2. The van der Waals surface area contributed by atoms with Gasteiger partial charge in [-0.2, -0.15) is 0 Å². The van der Waals surface area contributed by atoms with Crippen LogP contribution >= 0.6 is 0 Å². The van der Waals surface area contributed by atoms with Gasteiger partial charge in [-0.3, -0.25) is 9.59 Å². The molecular weight excluding hydrogens is 697 g/mol. The van der Waals surface area contributed by atoms with Gasteiger partial charge < -0.3 is 26.4 Å². The van der Waals surface area contributed by atoms with Gasteiger partial charge in [0.25, 0.3) is 31.9 Å². The van der Waals surface area contributed by atoms with Crippen LogP contribution in [0.15, 0.2) is 83.6 Å². The zero-order chi connectivity index (χ0) is 38.6. The summed E-state index contributed by atoms with van der Waals surface area (Å²) in [7, 11) is -8.16. The topological polar surface area (TPSA) is 215 Å². The van der Waals surface area contributed by atoms with Crippen LogP contribution in [0.3, 0.4) is 0 Å². The molecule has 14 nitrogen and oxygen atoms in total. The first kappa shape index (κ1) is 41.0. The molecule has 0 saturated heterocycles. The Hall–Kier alpha value is -4.41. The maximum Gasteiger partial charge on any atom is 0.408 e. The SMILES string of the molecule is C=C[C@@H]1C[C@]1(N)C(=O)NS(=O)(=O)c1ccccc1NC(C)C.C=C[C@@H]1C[C@]1(NC(=O)OC(C)(C)C)C(=O)NS(=O)(=O)c1ccccc1NC(C)C. The van der Waals surface area contributed by atoms with E-state index in [0.717, 1.165) is 0 Å². The molecular formula is C35H50N6O8S2. The zero-order valence-corrected chi connectivity index (χ0v) is 31.7. The number of carbonyl (C=O) groups is 3. The fraction of sp³-hybridized carbons (Fsp3) is 0.457. The van der Waals surface area contributed by atoms with Crippen LogP contribution in [-0.4, -0.2) is 63.5 Å². The monoisotopic (exact) mass is 746 g/mol. The summed E-state index contributed by atoms with van der Waals surface area (Å²) in [6.45, 7) is 19.9. The summed E-state index contributed by atoms with van der Waals surface area (Å²) in [6, 6.07) is 12.8. The first-order chi connectivity index (χ1) is 23.5. The summed E-state index contributed by atoms with van der Waals surface area (Å²) in [5.74, 6) is -2.11. The highest BCUT2D eigenvalue weighted by Gasteiger charge is 2.61. The van der Waals surface area contributed by atoms with Crippen LogP contribution in [0.5, 0.6) is 0 Å². The number of nitrogens with two attached hydrogens (primary N) is 1. The van der Waals surface area contributed by atoms with Crippen molar-refractivity contribution in [1.82, 2.24) is 14.8 Å². The molecule has 0 bridgehead atoms. The number of amides is 3. The minimum Gasteiger partial charge on any atom is -0.444 e. The number of para-hydroxylation sites is 2. The van der Waals surface area contributed by atoms with Crippen molar-refractivity contribution < 1.29 is 36.0 Å². The van der Waals surface area contributed by atoms with Gasteiger partial charge in [0.2, 0.25) is 0 Å². The maximum atomic E-state index is 12.9. The minimum atomic E-state index is -4.17. The van der Waals surface area contributed by atoms with Crippen LogP contribution in [-0.2, 0) is 34.4 Å². The van der Waals surface area contributed by atoms with E-state index >= 15 is 0 Å². The van der Waals surface area contributed by atoms with Gasteiger partial charge in [0.05, 0.1) is 11.4 Å². The number of sulfonamides is 2. The molecule has 16 heteroatoms. The molecule has 2 aromatic carbocycles. The molecule has 4 rings (SSSR count). The molecule has 2 fully saturated rings. The van der Waals surface area contributed by atoms with Gasteiger partial charge in [0.15, 0.2) is 0 Å². The average Bonchev–Trinajstić information content (AvgIpc) is 3.90. The quantitative estimate of drug-likeness (QED) is 0.161. The highest BCUT2D eigenvalue weighted by molar-refractivity contribution is 7.90. The van der Waals surface area contributed by atoms with E-state index in [-0.39, 0.29) is 34.2 Å². The molecule has 2 aliphatic carbocycles. The van der Waals surface area contributed by atoms with E-state index in [1.165, 1.54) is 18.2 Å². The number of rotatable bonds is 13. The second-order valence-corrected chi connectivity index (χ2v) is 17.5. The Labute approximate surface area is 301 Å². The van der Waals surface area contributed by atoms with E-state index in [1.807, 2.05) is 27.7 Å². The lowest BCUT2D eigenvalue weighted by molar-refractivity contribution is -0.123. The standard InChI is InChI=1S/C20H29N3O5S.C15H21N3O3S/c1-7-14-12-20(14,22-18(25)28-19(4,5)6)17(24)23-29(26,27)16-11-9-8-10-15(16)21-13(2)3;1-4-11-9-15(11,16)14(19)18-22(20,21)13-8-6-5-7-12(13)17-10(2)3/h7-11,13-14,21H,1,12H2,2-6H3,(H,22,25)(H,23,24);4-8,10-11,17H,1,9,16H2,2-3H3,(H,18,19)/t14-,20-;11-,15-/m11/s1. The molecule has 280 valence electrons. The van der Waals surface area contributed by atoms with Gasteiger partial charge >= 0.3 is 6.09 Å². The average molecular weight is 747 g/mol. The highest BCUT2D eigenvalue weighted by atomic mass is 32.2. The third kappa shape index (κ3) is 10.3. The van der Waals surface area contributed by atoms with Crippen LogP contribution in [0, 0.1) is 11.8 Å². The van der Waals surface area contributed by atoms with Crippen LogP contribution in [0.25, 0.3) is 0 Å². The van der Waals surface area contributed by atoms with Crippen molar-refractivity contribution in [2.45, 2.75) is 99.9 Å². The molecule has 0 aromatic heterocycles. The van der Waals surface area contributed by atoms with Crippen molar-refractivity contribution in [2.24, 2.45) is 17.6 Å². The predicted molar refractivity (Wildman–Crippen MR) is 197 cm³/mol. The lowest BCUT2D eigenvalue weighted by Gasteiger charge is -2.24. The first-order valence-corrected chi connectivity index (χ1v) is 19.4. The number of hydrogen-bond donors (Lipinski definition) is 6. The Morgan fingerprint density at radius 3 is 1.59 bits per heavy atom. The Kier molecular flexibility index (Phi) is 12.4. The molecule has 2 aromatic rings. The van der Waals surface area contributed by atoms with Gasteiger partial charge in [0, 0.05) is 23.9 Å². The largest absolute Gasteiger partial charge is 0.444 e. The summed E-state index contributed by atoms with van der Waals surface area (Å²) in [5.41, 5.74) is 3.38. The minimum absolute atomic E-state index is 0.00388. The number of nitrogens with one attached hydrogen (secondary N) is 5. The number of hydrogen-bond acceptors (Lipinski definition) is 11. The van der Waals surface area contributed by atoms with E-state index in [9.17, 15) is 31.2 Å². The first-order valence-electron chi connectivity index (χ1n) is 16.4. The van der Waals surface area contributed by atoms with Gasteiger partial charge in [-0.15, -0.1) is 13.2 Å². The van der Waals surface area contributed by atoms with Crippen LogP contribution in [0.2, 0.25) is 0 Å². The maximum absolute atomic E-state index is 12.9. The van der Waals surface area contributed by atoms with E-state index in [1.54, 1.807) is 63.2 Å². The van der Waals surface area contributed by atoms with Crippen LogP contribution in [0.4, 0.5) is 16.2 Å². The number of ether oxygens (including phenoxy) is 1. The molecule has 0 heterocycles. The number of carbonyl (C=O) groups excluding carboxylic acids is 3. The van der Waals surface area contributed by atoms with Crippen molar-refractivity contribution in [3.63, 3.8) is 0 Å². The molecule has 0 aliphatic heterocycles. The van der Waals surface area contributed by atoms with Gasteiger partial charge in [0.1, 0.15) is 26.5 Å². The van der Waals surface area contributed by atoms with Crippen LogP contribution in [0.1, 0.15) is 61.3 Å². The normalized spacial score (nSPS) is 22.4. The van der Waals surface area contributed by atoms with Crippen molar-refractivity contribution >= 4 is 49.3 Å². The van der Waals surface area contributed by atoms with Gasteiger partial charge in [-0.05, 0) is 85.6 Å². The molecule has 51 heavy (non-hydrogen) atoms. The summed E-state index contributed by atoms with van der Waals surface area (Å²) in [5, 5.41) is 8.62. The lowest BCUT2D eigenvalue weighted by Crippen LogP contribution is -2.52. The van der Waals surface area contributed by atoms with Crippen molar-refractivity contribution in [2.75, 3.05) is 10.6 Å². The van der Waals surface area contributed by atoms with E-state index < -0.39 is 60.6 Å². The lowest BCUT2D eigenvalue weighted by atomic mass is 10.2. The molecule has 0 spiro atoms. The Bertz CT molecular complexity index is 1870. The second kappa shape index (κ2) is 15.5. The van der Waals surface area contributed by atoms with Crippen molar-refractivity contribution in [1.29, 1.82) is 0 Å². The van der Waals surface area contributed by atoms with Crippen molar-refractivity contribution in [3.05, 3.63) is 73.8 Å². The van der Waals surface area contributed by atoms with Crippen molar-refractivity contribution in [3.8, 4) is 0 Å². The van der Waals surface area contributed by atoms with E-state index in [0.29, 0.717) is 17.8 Å². The molecule has 0 unspecified atom stereocenters. The number of alkyl carbamates (subject to hydrolysis) is 1. The molecule has 3 amide bonds. The van der Waals surface area contributed by atoms with Gasteiger partial charge in [-0.25, -0.2) is 31.1 Å². The van der Waals surface area contributed by atoms with E-state index in [4.69, 9.17) is 10.5 Å². The fourth-order valence-corrected chi connectivity index (χ4v) is 7.61. The molecule has 7 N–H and O–H groups in total. The highest BCUT2D eigenvalue weighted by Crippen LogP contribution is 2.45. The molecule has 4 atom stereocenters. The summed E-state index contributed by atoms with van der Waals surface area (Å²) < 4.78 is 60.1. The summed E-state index contributed by atoms with van der Waals surface area (Å²) >= 11 is 0. The smallest absolute Gasteiger partial charge is 0.408 e. The predicted octanol–water partition coefficient (Wildman–Crippen LogP) is 4.00. The molecule has 2 saturated carbocycles. The second-order valence-electron chi connectivity index (χ2n) is 14.2. The summed E-state index contributed by atoms with van der Waals surface area (Å²) in [4.78, 5) is 37.2. The molecule has 0 radical (unpaired) electrons. The Balaban J connectivity index is 0.000000286. The van der Waals surface area contributed by atoms with Gasteiger partial charge in [-0.1, -0.05) is 36.4 Å². The Morgan fingerprint density at radius 2 is 1.22 bits per heavy atom. The molecule has 2 aliphatic rings. The third-order valence-corrected chi connectivity index (χ3v) is 10.7. The fourth-order valence-electron chi connectivity index (χ4n) is 5.18. The van der Waals surface area contributed by atoms with Crippen LogP contribution < -0.4 is 31.1 Å². The third-order valence-electron chi connectivity index (χ3n) is 7.89. The summed E-state index contributed by atoms with van der Waals surface area (Å²) in [6.07, 6.45) is 2.93. The Morgan fingerprint density at radius 1 is 0.784 bits per heavy atom. The zero-order valence-electron chi connectivity index (χ0n) is 30.1. The van der Waals surface area contributed by atoms with E-state index in [2.05, 4.69) is 38.6 Å².